The molecule has 0 atom stereocenters. The Morgan fingerprint density at radius 1 is 1.14 bits per heavy atom. The molecular weight excluding hydrogens is 283 g/mol. The molecule has 0 spiro atoms. The van der Waals surface area contributed by atoms with Crippen molar-refractivity contribution in [3.63, 3.8) is 0 Å². The number of furan rings is 1. The quantitative estimate of drug-likeness (QED) is 0.696. The molecule has 3 aromatic rings. The van der Waals surface area contributed by atoms with E-state index < -0.39 is 11.7 Å². The summed E-state index contributed by atoms with van der Waals surface area (Å²) < 4.78 is 48.9. The van der Waals surface area contributed by atoms with Crippen LogP contribution in [-0.4, -0.2) is 12.1 Å². The van der Waals surface area contributed by atoms with Crippen LogP contribution in [-0.2, 0) is 6.18 Å². The fourth-order valence-electron chi connectivity index (χ4n) is 2.10. The summed E-state index contributed by atoms with van der Waals surface area (Å²) in [7, 11) is 1.49. The minimum atomic E-state index is -4.38. The van der Waals surface area contributed by atoms with Crippen LogP contribution in [0.25, 0.3) is 22.3 Å². The molecule has 1 aromatic carbocycles. The number of benzene rings is 1. The van der Waals surface area contributed by atoms with Gasteiger partial charge in [0.25, 0.3) is 0 Å². The lowest BCUT2D eigenvalue weighted by molar-refractivity contribution is -0.137. The van der Waals surface area contributed by atoms with Gasteiger partial charge in [-0.05, 0) is 30.3 Å². The normalized spacial score (nSPS) is 11.8. The standard InChI is InChI=1S/C15H10F3NO2/c1-20-14-8-19-5-4-11(14)13-7-9-6-10(15(16,17)18)2-3-12(9)21-13/h2-8H,1H3. The SMILES string of the molecule is COc1cnccc1-c1cc2cc(C(F)(F)F)ccc2o1. The molecule has 3 nitrogen and oxygen atoms in total. The Hall–Kier alpha value is -2.50. The summed E-state index contributed by atoms with van der Waals surface area (Å²) in [6.07, 6.45) is -1.30. The van der Waals surface area contributed by atoms with Gasteiger partial charge in [-0.2, -0.15) is 13.2 Å². The zero-order valence-corrected chi connectivity index (χ0v) is 10.9. The molecule has 0 fully saturated rings. The first-order valence-corrected chi connectivity index (χ1v) is 6.08. The summed E-state index contributed by atoms with van der Waals surface area (Å²) in [4.78, 5) is 3.93. The molecule has 0 N–H and O–H groups in total. The minimum absolute atomic E-state index is 0.386. The molecule has 0 radical (unpaired) electrons. The van der Waals surface area contributed by atoms with Gasteiger partial charge in [-0.25, -0.2) is 0 Å². The van der Waals surface area contributed by atoms with E-state index in [2.05, 4.69) is 4.98 Å². The van der Waals surface area contributed by atoms with E-state index >= 15 is 0 Å². The smallest absolute Gasteiger partial charge is 0.416 e. The van der Waals surface area contributed by atoms with Crippen molar-refractivity contribution >= 4 is 11.0 Å². The monoisotopic (exact) mass is 293 g/mol. The van der Waals surface area contributed by atoms with Crippen molar-refractivity contribution in [3.05, 3.63) is 48.3 Å². The Balaban J connectivity index is 2.13. The number of pyridine rings is 1. The van der Waals surface area contributed by atoms with Crippen molar-refractivity contribution in [2.45, 2.75) is 6.18 Å². The first-order chi connectivity index (χ1) is 9.99. The Bertz CT molecular complexity index is 793. The number of aromatic nitrogens is 1. The van der Waals surface area contributed by atoms with Crippen molar-refractivity contribution in [3.8, 4) is 17.1 Å². The van der Waals surface area contributed by atoms with E-state index in [1.807, 2.05) is 0 Å². The number of methoxy groups -OCH3 is 1. The lowest BCUT2D eigenvalue weighted by atomic mass is 10.1. The van der Waals surface area contributed by atoms with Crippen molar-refractivity contribution in [2.24, 2.45) is 0 Å². The van der Waals surface area contributed by atoms with E-state index in [1.54, 1.807) is 18.3 Å². The van der Waals surface area contributed by atoms with E-state index in [-0.39, 0.29) is 0 Å². The zero-order valence-electron chi connectivity index (χ0n) is 10.9. The van der Waals surface area contributed by atoms with Gasteiger partial charge < -0.3 is 9.15 Å². The minimum Gasteiger partial charge on any atom is -0.494 e. The predicted molar refractivity (Wildman–Crippen MR) is 71.0 cm³/mol. The largest absolute Gasteiger partial charge is 0.494 e. The molecule has 0 saturated heterocycles. The van der Waals surface area contributed by atoms with E-state index in [9.17, 15) is 13.2 Å². The fourth-order valence-corrected chi connectivity index (χ4v) is 2.10. The number of alkyl halides is 3. The Morgan fingerprint density at radius 3 is 2.67 bits per heavy atom. The maximum absolute atomic E-state index is 12.7. The first kappa shape index (κ1) is 13.5. The van der Waals surface area contributed by atoms with Crippen LogP contribution in [0.15, 0.2) is 47.1 Å². The van der Waals surface area contributed by atoms with Crippen LogP contribution in [0.5, 0.6) is 5.75 Å². The Kier molecular flexibility index (Phi) is 3.08. The molecule has 2 aromatic heterocycles. The second kappa shape index (κ2) is 4.80. The van der Waals surface area contributed by atoms with Gasteiger partial charge in [-0.15, -0.1) is 0 Å². The molecule has 2 heterocycles. The van der Waals surface area contributed by atoms with Crippen molar-refractivity contribution < 1.29 is 22.3 Å². The van der Waals surface area contributed by atoms with Gasteiger partial charge in [0.1, 0.15) is 17.1 Å². The Morgan fingerprint density at radius 2 is 1.95 bits per heavy atom. The molecule has 3 rings (SSSR count). The van der Waals surface area contributed by atoms with Gasteiger partial charge in [0, 0.05) is 11.6 Å². The molecule has 0 aliphatic carbocycles. The molecule has 0 amide bonds. The number of halogens is 3. The average molecular weight is 293 g/mol. The number of hydrogen-bond acceptors (Lipinski definition) is 3. The zero-order chi connectivity index (χ0) is 15.0. The van der Waals surface area contributed by atoms with E-state index in [0.717, 1.165) is 12.1 Å². The number of fused-ring (bicyclic) bond motifs is 1. The maximum Gasteiger partial charge on any atom is 0.416 e. The Labute approximate surface area is 118 Å². The van der Waals surface area contributed by atoms with Crippen molar-refractivity contribution in [2.75, 3.05) is 7.11 Å². The van der Waals surface area contributed by atoms with Gasteiger partial charge >= 0.3 is 6.18 Å². The van der Waals surface area contributed by atoms with Crippen LogP contribution in [0.3, 0.4) is 0 Å². The lowest BCUT2D eigenvalue weighted by Gasteiger charge is -2.05. The van der Waals surface area contributed by atoms with Crippen LogP contribution in [0.1, 0.15) is 5.56 Å². The highest BCUT2D eigenvalue weighted by molar-refractivity contribution is 5.84. The second-order valence-electron chi connectivity index (χ2n) is 4.44. The van der Waals surface area contributed by atoms with Crippen molar-refractivity contribution in [1.82, 2.24) is 4.98 Å². The summed E-state index contributed by atoms with van der Waals surface area (Å²) in [6, 6.07) is 6.62. The van der Waals surface area contributed by atoms with Crippen molar-refractivity contribution in [1.29, 1.82) is 0 Å². The van der Waals surface area contributed by atoms with Gasteiger partial charge in [0.05, 0.1) is 24.4 Å². The molecule has 21 heavy (non-hydrogen) atoms. The third-order valence-corrected chi connectivity index (χ3v) is 3.11. The molecular formula is C15H10F3NO2. The molecule has 108 valence electrons. The van der Waals surface area contributed by atoms with Crippen LogP contribution < -0.4 is 4.74 Å². The van der Waals surface area contributed by atoms with Crippen LogP contribution in [0.2, 0.25) is 0 Å². The van der Waals surface area contributed by atoms with E-state index in [1.165, 1.54) is 19.4 Å². The lowest BCUT2D eigenvalue weighted by Crippen LogP contribution is -2.03. The van der Waals surface area contributed by atoms with Gasteiger partial charge in [0.2, 0.25) is 0 Å². The number of rotatable bonds is 2. The highest BCUT2D eigenvalue weighted by atomic mass is 19.4. The highest BCUT2D eigenvalue weighted by Crippen LogP contribution is 2.36. The van der Waals surface area contributed by atoms with Gasteiger partial charge in [-0.1, -0.05) is 0 Å². The van der Waals surface area contributed by atoms with Crippen LogP contribution >= 0.6 is 0 Å². The average Bonchev–Trinajstić information content (AvgIpc) is 2.89. The van der Waals surface area contributed by atoms with Crippen LogP contribution in [0, 0.1) is 0 Å². The van der Waals surface area contributed by atoms with E-state index in [0.29, 0.717) is 28.0 Å². The maximum atomic E-state index is 12.7. The molecule has 0 aliphatic heterocycles. The van der Waals surface area contributed by atoms with Gasteiger partial charge in [-0.3, -0.25) is 4.98 Å². The number of hydrogen-bond donors (Lipinski definition) is 0. The summed E-state index contributed by atoms with van der Waals surface area (Å²) in [5, 5.41) is 0.388. The molecule has 0 unspecified atom stereocenters. The predicted octanol–water partition coefficient (Wildman–Crippen LogP) is 4.52. The van der Waals surface area contributed by atoms with E-state index in [4.69, 9.17) is 9.15 Å². The third kappa shape index (κ3) is 2.44. The van der Waals surface area contributed by atoms with Crippen LogP contribution in [0.4, 0.5) is 13.2 Å². The molecule has 0 bridgehead atoms. The summed E-state index contributed by atoms with van der Waals surface area (Å²) in [6.45, 7) is 0. The molecule has 0 aliphatic rings. The van der Waals surface area contributed by atoms with Gasteiger partial charge in [0.15, 0.2) is 0 Å². The molecule has 0 saturated carbocycles. The summed E-state index contributed by atoms with van der Waals surface area (Å²) >= 11 is 0. The third-order valence-electron chi connectivity index (χ3n) is 3.11. The number of ether oxygens (including phenoxy) is 1. The summed E-state index contributed by atoms with van der Waals surface area (Å²) in [5.74, 6) is 0.927. The summed E-state index contributed by atoms with van der Waals surface area (Å²) in [5.41, 5.74) is 0.318. The second-order valence-corrected chi connectivity index (χ2v) is 4.44. The topological polar surface area (TPSA) is 35.3 Å². The molecule has 6 heteroatoms. The highest BCUT2D eigenvalue weighted by Gasteiger charge is 2.30. The first-order valence-electron chi connectivity index (χ1n) is 6.08. The fraction of sp³-hybridized carbons (Fsp3) is 0.133. The number of nitrogens with zero attached hydrogens (tertiary/aromatic N) is 1.